The van der Waals surface area contributed by atoms with Crippen molar-refractivity contribution >= 4 is 34.9 Å². The zero-order chi connectivity index (χ0) is 19.2. The average Bonchev–Trinajstić information content (AvgIpc) is 3.01. The van der Waals surface area contributed by atoms with E-state index in [1.165, 1.54) is 0 Å². The molecule has 3 rings (SSSR count). The molecule has 27 heavy (non-hydrogen) atoms. The molecule has 3 aromatic rings. The minimum Gasteiger partial charge on any atom is -0.310 e. The smallest absolute Gasteiger partial charge is 0.239 e. The molecule has 0 saturated heterocycles. The number of benzene rings is 2. The lowest BCUT2D eigenvalue weighted by molar-refractivity contribution is -0.117. The van der Waals surface area contributed by atoms with Gasteiger partial charge in [0.1, 0.15) is 5.82 Å². The highest BCUT2D eigenvalue weighted by molar-refractivity contribution is 6.30. The monoisotopic (exact) mass is 402 g/mol. The summed E-state index contributed by atoms with van der Waals surface area (Å²) < 4.78 is 1.74. The molecular weight excluding hydrogens is 383 g/mol. The fraction of sp³-hybridized carbons (Fsp3) is 0.200. The summed E-state index contributed by atoms with van der Waals surface area (Å²) in [6.07, 6.45) is 1.66. The Labute approximate surface area is 168 Å². The Hall–Kier alpha value is -2.34. The van der Waals surface area contributed by atoms with Crippen molar-refractivity contribution in [2.45, 2.75) is 13.1 Å². The number of anilines is 1. The van der Waals surface area contributed by atoms with Gasteiger partial charge in [-0.3, -0.25) is 9.69 Å². The number of carbonyl (C=O) groups excluding carboxylic acids is 1. The van der Waals surface area contributed by atoms with Crippen LogP contribution in [0.2, 0.25) is 10.0 Å². The van der Waals surface area contributed by atoms with Gasteiger partial charge in [-0.1, -0.05) is 47.5 Å². The molecule has 7 heteroatoms. The molecule has 0 spiro atoms. The fourth-order valence-electron chi connectivity index (χ4n) is 2.80. The van der Waals surface area contributed by atoms with E-state index in [0.717, 1.165) is 11.1 Å². The van der Waals surface area contributed by atoms with E-state index in [2.05, 4.69) is 10.4 Å². The predicted octanol–water partition coefficient (Wildman–Crippen LogP) is 4.31. The first-order valence-corrected chi connectivity index (χ1v) is 9.24. The maximum Gasteiger partial charge on any atom is 0.239 e. The number of aromatic nitrogens is 2. The number of halogens is 2. The highest BCUT2D eigenvalue weighted by Gasteiger charge is 2.11. The Morgan fingerprint density at radius 1 is 1.07 bits per heavy atom. The van der Waals surface area contributed by atoms with E-state index in [0.29, 0.717) is 29.0 Å². The summed E-state index contributed by atoms with van der Waals surface area (Å²) in [7, 11) is 1.89. The van der Waals surface area contributed by atoms with E-state index in [1.54, 1.807) is 16.9 Å². The van der Waals surface area contributed by atoms with Crippen LogP contribution in [0.4, 0.5) is 5.82 Å². The first-order chi connectivity index (χ1) is 13.0. The minimum absolute atomic E-state index is 0.104. The third-order valence-corrected chi connectivity index (χ3v) is 4.43. The van der Waals surface area contributed by atoms with Crippen molar-refractivity contribution in [2.24, 2.45) is 0 Å². The molecule has 0 bridgehead atoms. The molecule has 1 N–H and O–H groups in total. The standard InChI is InChI=1S/C20H20Cl2N4O/c1-25(12-15-4-2-6-17(21)10-15)14-20(27)24-19-8-9-23-26(19)13-16-5-3-7-18(22)11-16/h2-11H,12-14H2,1H3,(H,24,27). The van der Waals surface area contributed by atoms with Crippen LogP contribution in [0.3, 0.4) is 0 Å². The van der Waals surface area contributed by atoms with Crippen LogP contribution < -0.4 is 5.32 Å². The molecule has 0 atom stereocenters. The van der Waals surface area contributed by atoms with Crippen LogP contribution in [0.5, 0.6) is 0 Å². The van der Waals surface area contributed by atoms with Crippen LogP contribution in [-0.4, -0.2) is 34.2 Å². The van der Waals surface area contributed by atoms with Gasteiger partial charge in [0.15, 0.2) is 0 Å². The number of likely N-dealkylation sites (N-methyl/N-ethyl adjacent to an activating group) is 1. The summed E-state index contributed by atoms with van der Waals surface area (Å²) in [5, 5.41) is 8.56. The van der Waals surface area contributed by atoms with Crippen LogP contribution in [0.15, 0.2) is 60.8 Å². The molecule has 140 valence electrons. The zero-order valence-corrected chi connectivity index (χ0v) is 16.4. The number of rotatable bonds is 7. The van der Waals surface area contributed by atoms with Gasteiger partial charge >= 0.3 is 0 Å². The topological polar surface area (TPSA) is 50.2 Å². The van der Waals surface area contributed by atoms with Gasteiger partial charge in [0, 0.05) is 22.7 Å². The number of hydrogen-bond donors (Lipinski definition) is 1. The predicted molar refractivity (Wildman–Crippen MR) is 109 cm³/mol. The van der Waals surface area contributed by atoms with Gasteiger partial charge in [0.25, 0.3) is 0 Å². The van der Waals surface area contributed by atoms with E-state index in [9.17, 15) is 4.79 Å². The third kappa shape index (κ3) is 5.82. The summed E-state index contributed by atoms with van der Waals surface area (Å²) in [5.41, 5.74) is 2.07. The van der Waals surface area contributed by atoms with Crippen molar-refractivity contribution in [2.75, 3.05) is 18.9 Å². The zero-order valence-electron chi connectivity index (χ0n) is 14.9. The lowest BCUT2D eigenvalue weighted by atomic mass is 10.2. The van der Waals surface area contributed by atoms with Gasteiger partial charge in [-0.15, -0.1) is 0 Å². The lowest BCUT2D eigenvalue weighted by Gasteiger charge is -2.17. The number of amides is 1. The van der Waals surface area contributed by atoms with Gasteiger partial charge in [-0.25, -0.2) is 4.68 Å². The fourth-order valence-corrected chi connectivity index (χ4v) is 3.23. The Balaban J connectivity index is 1.57. The highest BCUT2D eigenvalue weighted by atomic mass is 35.5. The van der Waals surface area contributed by atoms with Crippen molar-refractivity contribution in [1.29, 1.82) is 0 Å². The minimum atomic E-state index is -0.104. The van der Waals surface area contributed by atoms with Crippen LogP contribution in [0.1, 0.15) is 11.1 Å². The second kappa shape index (κ2) is 9.04. The van der Waals surface area contributed by atoms with Crippen molar-refractivity contribution in [3.8, 4) is 0 Å². The van der Waals surface area contributed by atoms with Crippen molar-refractivity contribution in [3.63, 3.8) is 0 Å². The molecule has 0 aliphatic heterocycles. The molecule has 1 heterocycles. The van der Waals surface area contributed by atoms with Gasteiger partial charge in [0.05, 0.1) is 19.3 Å². The molecule has 1 amide bonds. The molecule has 0 fully saturated rings. The maximum absolute atomic E-state index is 12.4. The van der Waals surface area contributed by atoms with E-state index in [1.807, 2.05) is 60.5 Å². The van der Waals surface area contributed by atoms with E-state index in [-0.39, 0.29) is 12.5 Å². The summed E-state index contributed by atoms with van der Waals surface area (Å²) in [4.78, 5) is 14.3. The van der Waals surface area contributed by atoms with Crippen LogP contribution >= 0.6 is 23.2 Å². The average molecular weight is 403 g/mol. The second-order valence-corrected chi connectivity index (χ2v) is 7.23. The summed E-state index contributed by atoms with van der Waals surface area (Å²) in [6, 6.07) is 17.0. The molecular formula is C20H20Cl2N4O. The van der Waals surface area contributed by atoms with Gasteiger partial charge in [-0.2, -0.15) is 5.10 Å². The van der Waals surface area contributed by atoms with Crippen molar-refractivity contribution in [1.82, 2.24) is 14.7 Å². The maximum atomic E-state index is 12.4. The number of hydrogen-bond acceptors (Lipinski definition) is 3. The highest BCUT2D eigenvalue weighted by Crippen LogP contribution is 2.15. The van der Waals surface area contributed by atoms with Gasteiger partial charge in [-0.05, 0) is 42.4 Å². The molecule has 1 aromatic heterocycles. The van der Waals surface area contributed by atoms with E-state index >= 15 is 0 Å². The van der Waals surface area contributed by atoms with Crippen molar-refractivity contribution in [3.05, 3.63) is 82.0 Å². The Bertz CT molecular complexity index is 926. The number of nitrogens with zero attached hydrogens (tertiary/aromatic N) is 3. The summed E-state index contributed by atoms with van der Waals surface area (Å²) in [6.45, 7) is 1.42. The molecule has 0 saturated carbocycles. The number of nitrogens with one attached hydrogen (secondary N) is 1. The first kappa shape index (κ1) is 19.4. The quantitative estimate of drug-likeness (QED) is 0.640. The van der Waals surface area contributed by atoms with Gasteiger partial charge in [0.2, 0.25) is 5.91 Å². The largest absolute Gasteiger partial charge is 0.310 e. The Morgan fingerprint density at radius 3 is 2.44 bits per heavy atom. The molecule has 5 nitrogen and oxygen atoms in total. The van der Waals surface area contributed by atoms with E-state index in [4.69, 9.17) is 23.2 Å². The summed E-state index contributed by atoms with van der Waals surface area (Å²) in [5.74, 6) is 0.545. The van der Waals surface area contributed by atoms with Crippen LogP contribution in [-0.2, 0) is 17.9 Å². The molecule has 0 unspecified atom stereocenters. The van der Waals surface area contributed by atoms with Crippen molar-refractivity contribution < 1.29 is 4.79 Å². The lowest BCUT2D eigenvalue weighted by Crippen LogP contribution is -2.30. The van der Waals surface area contributed by atoms with Crippen LogP contribution in [0.25, 0.3) is 0 Å². The Kier molecular flexibility index (Phi) is 6.50. The first-order valence-electron chi connectivity index (χ1n) is 8.49. The molecule has 0 aliphatic rings. The molecule has 0 radical (unpaired) electrons. The second-order valence-electron chi connectivity index (χ2n) is 6.35. The third-order valence-electron chi connectivity index (χ3n) is 3.96. The van der Waals surface area contributed by atoms with E-state index < -0.39 is 0 Å². The number of carbonyl (C=O) groups is 1. The molecule has 0 aliphatic carbocycles. The molecule has 2 aromatic carbocycles. The normalized spacial score (nSPS) is 11.0. The summed E-state index contributed by atoms with van der Waals surface area (Å²) >= 11 is 12.0. The van der Waals surface area contributed by atoms with Crippen LogP contribution in [0, 0.1) is 0 Å². The SMILES string of the molecule is CN(CC(=O)Nc1ccnn1Cc1cccc(Cl)c1)Cc1cccc(Cl)c1. The Morgan fingerprint density at radius 2 is 1.74 bits per heavy atom. The van der Waals surface area contributed by atoms with Gasteiger partial charge < -0.3 is 5.32 Å².